The zero-order chi connectivity index (χ0) is 11.3. The van der Waals surface area contributed by atoms with E-state index in [0.29, 0.717) is 22.5 Å². The molecule has 1 aromatic carbocycles. The van der Waals surface area contributed by atoms with Crippen molar-refractivity contribution in [3.8, 4) is 0 Å². The molecule has 0 aliphatic heterocycles. The van der Waals surface area contributed by atoms with Gasteiger partial charge in [-0.25, -0.2) is 4.52 Å². The molecule has 3 aromatic rings. The maximum Gasteiger partial charge on any atom is 0.178 e. The number of nitrogens with two attached hydrogens (primary N) is 2. The van der Waals surface area contributed by atoms with E-state index < -0.39 is 0 Å². The minimum absolute atomic E-state index is 0.444. The molecule has 0 atom stereocenters. The van der Waals surface area contributed by atoms with Gasteiger partial charge in [-0.1, -0.05) is 0 Å². The molecule has 0 radical (unpaired) electrons. The van der Waals surface area contributed by atoms with Crippen molar-refractivity contribution in [2.75, 3.05) is 11.5 Å². The Labute approximate surface area is 90.9 Å². The van der Waals surface area contributed by atoms with Gasteiger partial charge in [0.2, 0.25) is 0 Å². The van der Waals surface area contributed by atoms with Gasteiger partial charge in [0.15, 0.2) is 5.65 Å². The summed E-state index contributed by atoms with van der Waals surface area (Å²) >= 11 is 0. The highest BCUT2D eigenvalue weighted by molar-refractivity contribution is 5.93. The molecule has 80 valence electrons. The first-order valence-electron chi connectivity index (χ1n) is 4.83. The molecule has 0 unspecified atom stereocenters. The summed E-state index contributed by atoms with van der Waals surface area (Å²) < 4.78 is 1.72. The van der Waals surface area contributed by atoms with E-state index in [9.17, 15) is 0 Å². The van der Waals surface area contributed by atoms with Crippen LogP contribution in [0.4, 0.5) is 11.4 Å². The lowest BCUT2D eigenvalue weighted by Gasteiger charge is -2.04. The topological polar surface area (TPSA) is 95.1 Å². The summed E-state index contributed by atoms with van der Waals surface area (Å²) in [4.78, 5) is 0. The van der Waals surface area contributed by atoms with Crippen LogP contribution in [0, 0.1) is 6.92 Å². The van der Waals surface area contributed by atoms with Crippen LogP contribution in [-0.4, -0.2) is 19.8 Å². The van der Waals surface area contributed by atoms with E-state index in [1.807, 2.05) is 19.1 Å². The van der Waals surface area contributed by atoms with Crippen LogP contribution >= 0.6 is 0 Å². The fraction of sp³-hybridized carbons (Fsp3) is 0.100. The highest BCUT2D eigenvalue weighted by atomic mass is 15.3. The lowest BCUT2D eigenvalue weighted by molar-refractivity contribution is 0.926. The molecule has 4 N–H and O–H groups in total. The third kappa shape index (κ3) is 1.04. The van der Waals surface area contributed by atoms with E-state index in [2.05, 4.69) is 15.3 Å². The highest BCUT2D eigenvalue weighted by Crippen LogP contribution is 2.24. The van der Waals surface area contributed by atoms with Gasteiger partial charge in [-0.05, 0) is 19.1 Å². The smallest absolute Gasteiger partial charge is 0.178 e. The van der Waals surface area contributed by atoms with Gasteiger partial charge in [-0.15, -0.1) is 10.2 Å². The Morgan fingerprint density at radius 1 is 1.19 bits per heavy atom. The largest absolute Gasteiger partial charge is 0.397 e. The van der Waals surface area contributed by atoms with Crippen molar-refractivity contribution in [3.05, 3.63) is 23.9 Å². The quantitative estimate of drug-likeness (QED) is 0.538. The Morgan fingerprint density at radius 3 is 2.81 bits per heavy atom. The molecule has 6 heteroatoms. The number of benzene rings is 1. The third-order valence-electron chi connectivity index (χ3n) is 2.52. The highest BCUT2D eigenvalue weighted by Gasteiger charge is 2.09. The van der Waals surface area contributed by atoms with Gasteiger partial charge in [0.1, 0.15) is 5.52 Å². The second-order valence-corrected chi connectivity index (χ2v) is 3.69. The maximum absolute atomic E-state index is 5.85. The van der Waals surface area contributed by atoms with Crippen molar-refractivity contribution in [1.82, 2.24) is 19.8 Å². The van der Waals surface area contributed by atoms with E-state index in [4.69, 9.17) is 11.5 Å². The average Bonchev–Trinajstić information content (AvgIpc) is 2.63. The Kier molecular flexibility index (Phi) is 1.57. The fourth-order valence-corrected chi connectivity index (χ4v) is 1.72. The number of fused-ring (bicyclic) bond motifs is 3. The van der Waals surface area contributed by atoms with Crippen molar-refractivity contribution in [1.29, 1.82) is 0 Å². The SMILES string of the molecule is Cc1cc2nnc3c(N)c(N)ccc3n2n1. The molecule has 0 saturated carbocycles. The fourth-order valence-electron chi connectivity index (χ4n) is 1.72. The third-order valence-corrected chi connectivity index (χ3v) is 2.52. The van der Waals surface area contributed by atoms with Gasteiger partial charge >= 0.3 is 0 Å². The van der Waals surface area contributed by atoms with Crippen molar-refractivity contribution in [2.24, 2.45) is 0 Å². The van der Waals surface area contributed by atoms with Crippen LogP contribution < -0.4 is 11.5 Å². The molecule has 0 aliphatic carbocycles. The van der Waals surface area contributed by atoms with Gasteiger partial charge in [0.25, 0.3) is 0 Å². The van der Waals surface area contributed by atoms with E-state index in [1.165, 1.54) is 0 Å². The molecule has 0 bridgehead atoms. The lowest BCUT2D eigenvalue weighted by atomic mass is 10.2. The molecule has 0 aliphatic rings. The van der Waals surface area contributed by atoms with Crippen molar-refractivity contribution in [2.45, 2.75) is 6.92 Å². The first kappa shape index (κ1) is 8.90. The van der Waals surface area contributed by atoms with Gasteiger partial charge in [-0.2, -0.15) is 5.10 Å². The molecular formula is C10H10N6. The normalized spacial score (nSPS) is 11.3. The predicted molar refractivity (Wildman–Crippen MR) is 61.8 cm³/mol. The van der Waals surface area contributed by atoms with Crippen molar-refractivity contribution < 1.29 is 0 Å². The van der Waals surface area contributed by atoms with E-state index in [1.54, 1.807) is 10.6 Å². The summed E-state index contributed by atoms with van der Waals surface area (Å²) in [5.74, 6) is 0. The zero-order valence-corrected chi connectivity index (χ0v) is 8.68. The Balaban J connectivity index is 2.56. The zero-order valence-electron chi connectivity index (χ0n) is 8.68. The number of aromatic nitrogens is 4. The minimum Gasteiger partial charge on any atom is -0.397 e. The number of hydrogen-bond donors (Lipinski definition) is 2. The Hall–Kier alpha value is -2.37. The van der Waals surface area contributed by atoms with Gasteiger partial charge < -0.3 is 11.5 Å². The van der Waals surface area contributed by atoms with E-state index in [0.717, 1.165) is 11.2 Å². The Morgan fingerprint density at radius 2 is 2.00 bits per heavy atom. The second-order valence-electron chi connectivity index (χ2n) is 3.69. The summed E-state index contributed by atoms with van der Waals surface area (Å²) in [6.45, 7) is 1.90. The predicted octanol–water partition coefficient (Wildman–Crippen LogP) is 0.750. The second kappa shape index (κ2) is 2.82. The van der Waals surface area contributed by atoms with Crippen LogP contribution in [0.25, 0.3) is 16.7 Å². The lowest BCUT2D eigenvalue weighted by Crippen LogP contribution is -2.02. The number of nitrogens with zero attached hydrogens (tertiary/aromatic N) is 4. The van der Waals surface area contributed by atoms with E-state index in [-0.39, 0.29) is 0 Å². The molecule has 0 spiro atoms. The standard InChI is InChI=1S/C10H10N6/c1-5-4-8-13-14-10-7(16(8)15-5)3-2-6(11)9(10)12/h2-4H,11-12H2,1H3. The minimum atomic E-state index is 0.444. The van der Waals surface area contributed by atoms with Gasteiger partial charge in [0.05, 0.1) is 22.6 Å². The van der Waals surface area contributed by atoms with Gasteiger partial charge in [-0.3, -0.25) is 0 Å². The molecule has 0 saturated heterocycles. The average molecular weight is 214 g/mol. The summed E-state index contributed by atoms with van der Waals surface area (Å²) in [5.41, 5.74) is 15.5. The van der Waals surface area contributed by atoms with Crippen LogP contribution in [0.3, 0.4) is 0 Å². The van der Waals surface area contributed by atoms with Crippen molar-refractivity contribution >= 4 is 28.1 Å². The van der Waals surface area contributed by atoms with Crippen LogP contribution in [0.15, 0.2) is 18.2 Å². The Bertz CT molecular complexity index is 699. The number of aryl methyl sites for hydroxylation is 1. The summed E-state index contributed by atoms with van der Waals surface area (Å²) in [7, 11) is 0. The van der Waals surface area contributed by atoms with Gasteiger partial charge in [0, 0.05) is 6.07 Å². The van der Waals surface area contributed by atoms with E-state index >= 15 is 0 Å². The number of hydrogen-bond acceptors (Lipinski definition) is 5. The number of nitrogen functional groups attached to an aromatic ring is 2. The summed E-state index contributed by atoms with van der Waals surface area (Å²) in [6, 6.07) is 5.45. The monoisotopic (exact) mass is 214 g/mol. The molecule has 0 fully saturated rings. The van der Waals surface area contributed by atoms with Crippen LogP contribution in [0.5, 0.6) is 0 Å². The number of rotatable bonds is 0. The molecule has 16 heavy (non-hydrogen) atoms. The molecule has 0 amide bonds. The van der Waals surface area contributed by atoms with Crippen molar-refractivity contribution in [3.63, 3.8) is 0 Å². The summed E-state index contributed by atoms with van der Waals surface area (Å²) in [5, 5.41) is 12.4. The molecule has 3 rings (SSSR count). The first-order valence-corrected chi connectivity index (χ1v) is 4.83. The molecule has 2 aromatic heterocycles. The molecule has 2 heterocycles. The van der Waals surface area contributed by atoms with Crippen LogP contribution in [-0.2, 0) is 0 Å². The molecule has 6 nitrogen and oxygen atoms in total. The summed E-state index contributed by atoms with van der Waals surface area (Å²) in [6.07, 6.45) is 0. The number of anilines is 2. The maximum atomic E-state index is 5.85. The molecular weight excluding hydrogens is 204 g/mol. The first-order chi connectivity index (χ1) is 7.66. The van der Waals surface area contributed by atoms with Crippen LogP contribution in [0.2, 0.25) is 0 Å². The van der Waals surface area contributed by atoms with Crippen LogP contribution in [0.1, 0.15) is 5.69 Å².